The van der Waals surface area contributed by atoms with Crippen molar-refractivity contribution in [2.24, 2.45) is 0 Å². The molecule has 0 aliphatic rings. The summed E-state index contributed by atoms with van der Waals surface area (Å²) in [5.41, 5.74) is 3.50. The van der Waals surface area contributed by atoms with Gasteiger partial charge in [-0.1, -0.05) is 19.3 Å². The third-order valence-electron chi connectivity index (χ3n) is 5.49. The first-order valence-corrected chi connectivity index (χ1v) is 11.9. The second-order valence-electron chi connectivity index (χ2n) is 8.60. The van der Waals surface area contributed by atoms with Crippen LogP contribution in [0.15, 0.2) is 60.7 Å². The molecule has 6 N–H and O–H groups in total. The lowest BCUT2D eigenvalue weighted by Gasteiger charge is -2.19. The summed E-state index contributed by atoms with van der Waals surface area (Å²) in [7, 11) is 0. The average molecular weight is 571 g/mol. The van der Waals surface area contributed by atoms with Crippen LogP contribution in [0.3, 0.4) is 0 Å². The number of hydroxylamine groups is 1. The quantitative estimate of drug-likeness (QED) is 0.101. The second-order valence-corrected chi connectivity index (χ2v) is 8.60. The minimum Gasteiger partial charge on any atom is -0.391 e. The molecule has 12 heteroatoms. The van der Waals surface area contributed by atoms with E-state index in [4.69, 9.17) is 5.21 Å². The summed E-state index contributed by atoms with van der Waals surface area (Å²) >= 11 is 0. The summed E-state index contributed by atoms with van der Waals surface area (Å²) in [6.07, 6.45) is -1.23. The molecule has 216 valence electrons. The molecule has 0 aliphatic carbocycles. The molecule has 0 saturated carbocycles. The standard InChI is InChI=1S/C28H25F3N4O5.CH4/c1-16(36)26(28(39)35-40)34-27(38)20-8-4-17(5-9-20)2-3-18-6-10-21(11-7-18)33-24(37)15-32-14-19-12-22(29)25(31)23(30)13-19;/h4-13,16,26,32,36,40H,14-15H2,1H3,(H,33,37)(H,34,38)(H,35,39);1H4/t16-,26+;/m1./s1. The fourth-order valence-corrected chi connectivity index (χ4v) is 3.42. The van der Waals surface area contributed by atoms with Crippen molar-refractivity contribution in [3.8, 4) is 11.8 Å². The highest BCUT2D eigenvalue weighted by Crippen LogP contribution is 2.14. The van der Waals surface area contributed by atoms with E-state index in [-0.39, 0.29) is 31.6 Å². The lowest BCUT2D eigenvalue weighted by atomic mass is 10.1. The third kappa shape index (κ3) is 9.47. The summed E-state index contributed by atoms with van der Waals surface area (Å²) < 4.78 is 39.5. The number of rotatable bonds is 9. The van der Waals surface area contributed by atoms with E-state index in [2.05, 4.69) is 27.8 Å². The molecular formula is C29H29F3N4O5. The highest BCUT2D eigenvalue weighted by molar-refractivity contribution is 5.97. The Hall–Kier alpha value is -4.70. The highest BCUT2D eigenvalue weighted by atomic mass is 19.2. The molecule has 9 nitrogen and oxygen atoms in total. The van der Waals surface area contributed by atoms with E-state index in [0.717, 1.165) is 12.1 Å². The molecule has 0 unspecified atom stereocenters. The lowest BCUT2D eigenvalue weighted by Crippen LogP contribution is -2.51. The first kappa shape index (κ1) is 32.5. The number of aliphatic hydroxyl groups is 1. The Morgan fingerprint density at radius 1 is 0.902 bits per heavy atom. The highest BCUT2D eigenvalue weighted by Gasteiger charge is 2.25. The number of hydrogen-bond donors (Lipinski definition) is 6. The predicted octanol–water partition coefficient (Wildman–Crippen LogP) is 2.85. The zero-order valence-corrected chi connectivity index (χ0v) is 21.1. The van der Waals surface area contributed by atoms with Crippen LogP contribution in [-0.2, 0) is 16.1 Å². The van der Waals surface area contributed by atoms with Crippen molar-refractivity contribution in [3.63, 3.8) is 0 Å². The van der Waals surface area contributed by atoms with Crippen molar-refractivity contribution >= 4 is 23.4 Å². The van der Waals surface area contributed by atoms with Crippen LogP contribution in [0.5, 0.6) is 0 Å². The number of amides is 3. The van der Waals surface area contributed by atoms with E-state index in [1.54, 1.807) is 36.4 Å². The van der Waals surface area contributed by atoms with Gasteiger partial charge in [-0.3, -0.25) is 19.6 Å². The van der Waals surface area contributed by atoms with E-state index in [9.17, 15) is 32.7 Å². The number of anilines is 1. The van der Waals surface area contributed by atoms with Gasteiger partial charge in [-0.15, -0.1) is 0 Å². The molecular weight excluding hydrogens is 541 g/mol. The van der Waals surface area contributed by atoms with Gasteiger partial charge in [0.2, 0.25) is 5.91 Å². The molecule has 2 atom stereocenters. The van der Waals surface area contributed by atoms with Crippen molar-refractivity contribution in [1.29, 1.82) is 0 Å². The summed E-state index contributed by atoms with van der Waals surface area (Å²) in [4.78, 5) is 36.0. The Morgan fingerprint density at radius 3 is 1.95 bits per heavy atom. The number of halogens is 3. The molecule has 0 bridgehead atoms. The van der Waals surface area contributed by atoms with E-state index in [1.807, 2.05) is 0 Å². The number of benzene rings is 3. The molecule has 0 heterocycles. The zero-order chi connectivity index (χ0) is 29.2. The first-order valence-electron chi connectivity index (χ1n) is 11.9. The smallest absolute Gasteiger partial charge is 0.268 e. The van der Waals surface area contributed by atoms with Crippen LogP contribution in [0.4, 0.5) is 18.9 Å². The number of nitrogens with one attached hydrogen (secondary N) is 4. The van der Waals surface area contributed by atoms with Crippen molar-refractivity contribution in [1.82, 2.24) is 16.1 Å². The predicted molar refractivity (Wildman–Crippen MR) is 145 cm³/mol. The van der Waals surface area contributed by atoms with E-state index in [1.165, 1.54) is 24.5 Å². The van der Waals surface area contributed by atoms with Crippen LogP contribution in [0.2, 0.25) is 0 Å². The minimum absolute atomic E-state index is 0. The van der Waals surface area contributed by atoms with Gasteiger partial charge in [0.15, 0.2) is 17.5 Å². The van der Waals surface area contributed by atoms with Gasteiger partial charge in [0.05, 0.1) is 12.6 Å². The van der Waals surface area contributed by atoms with Crippen molar-refractivity contribution in [2.75, 3.05) is 11.9 Å². The zero-order valence-electron chi connectivity index (χ0n) is 21.1. The fraction of sp³-hybridized carbons (Fsp3) is 0.207. The summed E-state index contributed by atoms with van der Waals surface area (Å²) in [5.74, 6) is -0.250. The summed E-state index contributed by atoms with van der Waals surface area (Å²) in [5, 5.41) is 26.1. The van der Waals surface area contributed by atoms with Gasteiger partial charge in [0.1, 0.15) is 6.04 Å². The van der Waals surface area contributed by atoms with Gasteiger partial charge < -0.3 is 21.1 Å². The lowest BCUT2D eigenvalue weighted by molar-refractivity contribution is -0.133. The number of aliphatic hydroxyl groups excluding tert-OH is 1. The molecule has 0 aromatic heterocycles. The Balaban J connectivity index is 0.00000588. The fourth-order valence-electron chi connectivity index (χ4n) is 3.42. The van der Waals surface area contributed by atoms with Gasteiger partial charge in [0.25, 0.3) is 11.8 Å². The van der Waals surface area contributed by atoms with Crippen LogP contribution in [0.1, 0.15) is 41.4 Å². The van der Waals surface area contributed by atoms with E-state index in [0.29, 0.717) is 16.8 Å². The van der Waals surface area contributed by atoms with Crippen molar-refractivity contribution in [2.45, 2.75) is 33.0 Å². The largest absolute Gasteiger partial charge is 0.391 e. The molecule has 0 radical (unpaired) electrons. The molecule has 3 aromatic rings. The normalized spacial score (nSPS) is 11.7. The topological polar surface area (TPSA) is 140 Å². The molecule has 0 aliphatic heterocycles. The molecule has 0 fully saturated rings. The first-order chi connectivity index (χ1) is 19.1. The maximum absolute atomic E-state index is 13.3. The Morgan fingerprint density at radius 2 is 1.44 bits per heavy atom. The van der Waals surface area contributed by atoms with Gasteiger partial charge in [-0.05, 0) is 73.2 Å². The molecule has 3 aromatic carbocycles. The number of hydrogen-bond acceptors (Lipinski definition) is 6. The van der Waals surface area contributed by atoms with Crippen molar-refractivity contribution in [3.05, 3.63) is 100 Å². The van der Waals surface area contributed by atoms with Crippen LogP contribution in [-0.4, -0.2) is 46.7 Å². The maximum Gasteiger partial charge on any atom is 0.268 e. The third-order valence-corrected chi connectivity index (χ3v) is 5.49. The Labute approximate surface area is 234 Å². The molecule has 3 amide bonds. The molecule has 3 rings (SSSR count). The van der Waals surface area contributed by atoms with Crippen molar-refractivity contribution < 1.29 is 37.9 Å². The monoisotopic (exact) mass is 570 g/mol. The van der Waals surface area contributed by atoms with Crippen LogP contribution in [0, 0.1) is 29.3 Å². The SMILES string of the molecule is C.C[C@@H](O)[C@H](NC(=O)c1ccc(C#Cc2ccc(NC(=O)CNCc3cc(F)c(F)c(F)c3)cc2)cc1)C(=O)NO. The second kappa shape index (κ2) is 15.2. The number of carbonyl (C=O) groups is 3. The van der Waals surface area contributed by atoms with Gasteiger partial charge in [-0.2, -0.15) is 0 Å². The summed E-state index contributed by atoms with van der Waals surface area (Å²) in [6.45, 7) is 1.11. The minimum atomic E-state index is -1.55. The Kier molecular flexibility index (Phi) is 12.0. The maximum atomic E-state index is 13.3. The van der Waals surface area contributed by atoms with Crippen LogP contribution in [0.25, 0.3) is 0 Å². The molecule has 41 heavy (non-hydrogen) atoms. The van der Waals surface area contributed by atoms with Gasteiger partial charge in [-0.25, -0.2) is 18.7 Å². The molecule has 0 saturated heterocycles. The van der Waals surface area contributed by atoms with Crippen LogP contribution < -0.4 is 21.4 Å². The number of carbonyl (C=O) groups excluding carboxylic acids is 3. The van der Waals surface area contributed by atoms with E-state index >= 15 is 0 Å². The van der Waals surface area contributed by atoms with Crippen LogP contribution >= 0.6 is 0 Å². The molecule has 0 spiro atoms. The van der Waals surface area contributed by atoms with E-state index < -0.39 is 47.3 Å². The average Bonchev–Trinajstić information content (AvgIpc) is 2.93. The Bertz CT molecular complexity index is 1410. The summed E-state index contributed by atoms with van der Waals surface area (Å²) in [6, 6.07) is 13.2. The van der Waals surface area contributed by atoms with Gasteiger partial charge >= 0.3 is 0 Å². The van der Waals surface area contributed by atoms with Gasteiger partial charge in [0, 0.05) is 28.9 Å².